The van der Waals surface area contributed by atoms with Gasteiger partial charge < -0.3 is 10.0 Å². The first-order valence-corrected chi connectivity index (χ1v) is 11.5. The van der Waals surface area contributed by atoms with E-state index in [-0.39, 0.29) is 17.8 Å². The molecule has 0 saturated carbocycles. The fraction of sp³-hybridized carbons (Fsp3) is 0.375. The number of likely N-dealkylation sites (tertiary alicyclic amines) is 1. The maximum absolute atomic E-state index is 12.4. The van der Waals surface area contributed by atoms with Crippen LogP contribution in [-0.4, -0.2) is 54.7 Å². The van der Waals surface area contributed by atoms with E-state index in [1.807, 2.05) is 17.2 Å². The summed E-state index contributed by atoms with van der Waals surface area (Å²) in [6.07, 6.45) is 8.82. The van der Waals surface area contributed by atoms with Crippen molar-refractivity contribution >= 4 is 17.7 Å². The number of carbonyl (C=O) groups excluding carboxylic acids is 1. The summed E-state index contributed by atoms with van der Waals surface area (Å²) in [5.41, 5.74) is 2.06. The van der Waals surface area contributed by atoms with Gasteiger partial charge in [-0.25, -0.2) is 9.48 Å². The van der Waals surface area contributed by atoms with Crippen LogP contribution in [0.15, 0.2) is 53.7 Å². The summed E-state index contributed by atoms with van der Waals surface area (Å²) in [5, 5.41) is 20.0. The molecule has 3 heterocycles. The Kier molecular flexibility index (Phi) is 7.36. The van der Waals surface area contributed by atoms with E-state index in [2.05, 4.69) is 15.5 Å². The van der Waals surface area contributed by atoms with E-state index in [0.717, 1.165) is 31.5 Å². The lowest BCUT2D eigenvalue weighted by atomic mass is 10.1. The van der Waals surface area contributed by atoms with Crippen LogP contribution in [0.1, 0.15) is 43.4 Å². The van der Waals surface area contributed by atoms with Crippen LogP contribution in [0.4, 0.5) is 10.5 Å². The molecule has 1 aromatic carbocycles. The van der Waals surface area contributed by atoms with Crippen molar-refractivity contribution in [2.24, 2.45) is 0 Å². The lowest BCUT2D eigenvalue weighted by Crippen LogP contribution is -2.35. The Morgan fingerprint density at radius 2 is 1.94 bits per heavy atom. The monoisotopic (exact) mass is 464 g/mol. The van der Waals surface area contributed by atoms with Crippen LogP contribution in [0.25, 0.3) is 5.69 Å². The van der Waals surface area contributed by atoms with Gasteiger partial charge in [0.1, 0.15) is 11.4 Å². The van der Waals surface area contributed by atoms with Crippen molar-refractivity contribution in [1.29, 1.82) is 0 Å². The largest absolute Gasteiger partial charge is 0.465 e. The maximum Gasteiger partial charge on any atom is 0.409 e. The third-order valence-electron chi connectivity index (χ3n) is 5.80. The molecule has 0 spiro atoms. The molecule has 2 aromatic heterocycles. The van der Waals surface area contributed by atoms with E-state index in [0.29, 0.717) is 36.5 Å². The van der Waals surface area contributed by atoms with Gasteiger partial charge in [-0.05, 0) is 43.4 Å². The highest BCUT2D eigenvalue weighted by atomic mass is 16.4. The SMILES string of the molecule is O=C(O)Nc1cccc(Cc2nn(-c3cnn(CCCC(=O)N4CCCCC4)c3)ccc2=O)c1. The Bertz CT molecular complexity index is 1210. The van der Waals surface area contributed by atoms with Gasteiger partial charge in [-0.2, -0.15) is 10.2 Å². The van der Waals surface area contributed by atoms with Crippen LogP contribution >= 0.6 is 0 Å². The number of nitrogens with zero attached hydrogens (tertiary/aromatic N) is 5. The average Bonchev–Trinajstić information content (AvgIpc) is 3.30. The number of hydrogen-bond acceptors (Lipinski definition) is 5. The standard InChI is InChI=1S/C24H28N6O4/c31-22-9-13-30(27-21(22)15-18-6-4-7-19(14-18)26-24(33)34)20-16-25-29(17-20)12-5-8-23(32)28-10-2-1-3-11-28/h4,6-7,9,13-14,16-17,26H,1-3,5,8,10-12,15H2,(H,33,34). The van der Waals surface area contributed by atoms with Crippen molar-refractivity contribution in [3.63, 3.8) is 0 Å². The second-order valence-corrected chi connectivity index (χ2v) is 8.39. The number of carboxylic acid groups (broad SMARTS) is 1. The smallest absolute Gasteiger partial charge is 0.409 e. The summed E-state index contributed by atoms with van der Waals surface area (Å²) in [6.45, 7) is 2.35. The predicted molar refractivity (Wildman–Crippen MR) is 126 cm³/mol. The van der Waals surface area contributed by atoms with Gasteiger partial charge in [0.2, 0.25) is 11.3 Å². The van der Waals surface area contributed by atoms with Crippen LogP contribution in [0.3, 0.4) is 0 Å². The molecule has 1 aliphatic heterocycles. The molecule has 178 valence electrons. The Balaban J connectivity index is 1.38. The van der Waals surface area contributed by atoms with Crippen LogP contribution in [0.5, 0.6) is 0 Å². The summed E-state index contributed by atoms with van der Waals surface area (Å²) >= 11 is 0. The van der Waals surface area contributed by atoms with Gasteiger partial charge in [-0.15, -0.1) is 0 Å². The van der Waals surface area contributed by atoms with Crippen LogP contribution in [0, 0.1) is 0 Å². The molecule has 10 nitrogen and oxygen atoms in total. The first-order chi connectivity index (χ1) is 16.5. The average molecular weight is 465 g/mol. The highest BCUT2D eigenvalue weighted by Gasteiger charge is 2.16. The predicted octanol–water partition coefficient (Wildman–Crippen LogP) is 2.90. The molecule has 0 atom stereocenters. The molecule has 1 aliphatic rings. The van der Waals surface area contributed by atoms with Crippen LogP contribution in [0.2, 0.25) is 0 Å². The molecule has 34 heavy (non-hydrogen) atoms. The van der Waals surface area contributed by atoms with E-state index in [9.17, 15) is 14.4 Å². The van der Waals surface area contributed by atoms with E-state index in [1.165, 1.54) is 12.5 Å². The fourth-order valence-corrected chi connectivity index (χ4v) is 4.08. The van der Waals surface area contributed by atoms with Gasteiger partial charge in [-0.3, -0.25) is 19.6 Å². The molecule has 2 N–H and O–H groups in total. The molecule has 10 heteroatoms. The number of anilines is 1. The summed E-state index contributed by atoms with van der Waals surface area (Å²) < 4.78 is 3.37. The van der Waals surface area contributed by atoms with Gasteiger partial charge in [0.15, 0.2) is 0 Å². The summed E-state index contributed by atoms with van der Waals surface area (Å²) in [7, 11) is 0. The van der Waals surface area contributed by atoms with Crippen molar-refractivity contribution < 1.29 is 14.7 Å². The number of amides is 2. The number of piperidine rings is 1. The summed E-state index contributed by atoms with van der Waals surface area (Å²) in [4.78, 5) is 37.5. The van der Waals surface area contributed by atoms with Crippen LogP contribution in [-0.2, 0) is 17.8 Å². The zero-order chi connectivity index (χ0) is 23.9. The summed E-state index contributed by atoms with van der Waals surface area (Å²) in [6, 6.07) is 8.31. The Morgan fingerprint density at radius 3 is 2.74 bits per heavy atom. The van der Waals surface area contributed by atoms with E-state index in [4.69, 9.17) is 5.11 Å². The molecule has 4 rings (SSSR count). The maximum atomic E-state index is 12.4. The number of rotatable bonds is 8. The number of benzene rings is 1. The normalized spacial score (nSPS) is 13.6. The zero-order valence-corrected chi connectivity index (χ0v) is 18.9. The quantitative estimate of drug-likeness (QED) is 0.529. The molecular weight excluding hydrogens is 436 g/mol. The van der Waals surface area contributed by atoms with Crippen molar-refractivity contribution in [2.75, 3.05) is 18.4 Å². The molecule has 2 amide bonds. The molecule has 0 bridgehead atoms. The zero-order valence-electron chi connectivity index (χ0n) is 18.9. The molecule has 1 fully saturated rings. The van der Waals surface area contributed by atoms with Crippen molar-refractivity contribution in [3.8, 4) is 5.69 Å². The molecule has 0 radical (unpaired) electrons. The minimum absolute atomic E-state index is 0.198. The number of aryl methyl sites for hydroxylation is 1. The van der Waals surface area contributed by atoms with Crippen molar-refractivity contribution in [1.82, 2.24) is 24.5 Å². The van der Waals surface area contributed by atoms with Crippen molar-refractivity contribution in [3.05, 3.63) is 70.4 Å². The van der Waals surface area contributed by atoms with E-state index >= 15 is 0 Å². The highest BCUT2D eigenvalue weighted by molar-refractivity contribution is 5.82. The lowest BCUT2D eigenvalue weighted by molar-refractivity contribution is -0.132. The fourth-order valence-electron chi connectivity index (χ4n) is 4.08. The second kappa shape index (κ2) is 10.8. The Hall–Kier alpha value is -3.95. The first-order valence-electron chi connectivity index (χ1n) is 11.5. The molecular formula is C24H28N6O4. The van der Waals surface area contributed by atoms with Gasteiger partial charge >= 0.3 is 6.09 Å². The van der Waals surface area contributed by atoms with Gasteiger partial charge in [-0.1, -0.05) is 12.1 Å². The number of hydrogen-bond donors (Lipinski definition) is 2. The van der Waals surface area contributed by atoms with Gasteiger partial charge in [0.05, 0.1) is 12.4 Å². The number of nitrogens with one attached hydrogen (secondary N) is 1. The highest BCUT2D eigenvalue weighted by Crippen LogP contribution is 2.14. The minimum Gasteiger partial charge on any atom is -0.465 e. The lowest BCUT2D eigenvalue weighted by Gasteiger charge is -2.26. The third-order valence-corrected chi connectivity index (χ3v) is 5.80. The Labute approximate surface area is 196 Å². The second-order valence-electron chi connectivity index (χ2n) is 8.39. The van der Waals surface area contributed by atoms with Gasteiger partial charge in [0, 0.05) is 50.4 Å². The number of aromatic nitrogens is 4. The van der Waals surface area contributed by atoms with E-state index < -0.39 is 6.09 Å². The molecule has 0 unspecified atom stereocenters. The first kappa shape index (κ1) is 23.2. The van der Waals surface area contributed by atoms with Gasteiger partial charge in [0.25, 0.3) is 0 Å². The van der Waals surface area contributed by atoms with Crippen LogP contribution < -0.4 is 10.7 Å². The van der Waals surface area contributed by atoms with Crippen molar-refractivity contribution in [2.45, 2.75) is 45.1 Å². The molecule has 1 saturated heterocycles. The molecule has 3 aromatic rings. The molecule has 0 aliphatic carbocycles. The van der Waals surface area contributed by atoms with E-state index in [1.54, 1.807) is 40.0 Å². The topological polar surface area (TPSA) is 122 Å². The third kappa shape index (κ3) is 6.09. The Morgan fingerprint density at radius 1 is 1.12 bits per heavy atom. The summed E-state index contributed by atoms with van der Waals surface area (Å²) in [5.74, 6) is 0.210. The number of carbonyl (C=O) groups is 2. The minimum atomic E-state index is -1.15.